The molecule has 216 valence electrons. The summed E-state index contributed by atoms with van der Waals surface area (Å²) >= 11 is 0. The second-order valence-electron chi connectivity index (χ2n) is 9.88. The quantitative estimate of drug-likeness (QED) is 0.367. The van der Waals surface area contributed by atoms with Crippen molar-refractivity contribution in [3.8, 4) is 11.5 Å². The molecule has 2 aromatic heterocycles. The second kappa shape index (κ2) is 12.5. The Hall–Kier alpha value is -4.23. The SMILES string of the molecule is CN(C)c1cc(C2=CNC(CN3CCOCC3)C=C2)c(F)cc1N(C=O)Cc1ccc(-c2nnc(C(F)F)o2)cn1. The van der Waals surface area contributed by atoms with E-state index in [-0.39, 0.29) is 18.5 Å². The number of alkyl halides is 2. The maximum Gasteiger partial charge on any atom is 0.314 e. The van der Waals surface area contributed by atoms with Gasteiger partial charge in [0.05, 0.1) is 48.4 Å². The van der Waals surface area contributed by atoms with Crippen LogP contribution < -0.4 is 15.1 Å². The minimum atomic E-state index is -2.87. The summed E-state index contributed by atoms with van der Waals surface area (Å²) in [7, 11) is 3.63. The van der Waals surface area contributed by atoms with Gasteiger partial charge in [-0.15, -0.1) is 10.2 Å². The Morgan fingerprint density at radius 2 is 1.98 bits per heavy atom. The van der Waals surface area contributed by atoms with E-state index in [0.717, 1.165) is 32.8 Å². The van der Waals surface area contributed by atoms with Gasteiger partial charge in [0.1, 0.15) is 5.82 Å². The molecule has 0 spiro atoms. The van der Waals surface area contributed by atoms with E-state index in [1.54, 1.807) is 18.2 Å². The monoisotopic (exact) mass is 569 g/mol. The smallest absolute Gasteiger partial charge is 0.314 e. The van der Waals surface area contributed by atoms with E-state index in [0.29, 0.717) is 40.2 Å². The van der Waals surface area contributed by atoms with Crippen molar-refractivity contribution in [1.29, 1.82) is 0 Å². The van der Waals surface area contributed by atoms with E-state index >= 15 is 4.39 Å². The van der Waals surface area contributed by atoms with Crippen LogP contribution >= 0.6 is 0 Å². The molecule has 0 bridgehead atoms. The molecule has 0 radical (unpaired) electrons. The molecule has 10 nitrogen and oxygen atoms in total. The van der Waals surface area contributed by atoms with Gasteiger partial charge in [0.25, 0.3) is 5.89 Å². The van der Waals surface area contributed by atoms with Crippen LogP contribution in [0.25, 0.3) is 17.0 Å². The van der Waals surface area contributed by atoms with Gasteiger partial charge in [-0.2, -0.15) is 8.78 Å². The zero-order valence-corrected chi connectivity index (χ0v) is 22.6. The zero-order valence-electron chi connectivity index (χ0n) is 22.6. The van der Waals surface area contributed by atoms with Crippen molar-refractivity contribution < 1.29 is 27.1 Å². The van der Waals surface area contributed by atoms with Gasteiger partial charge in [-0.05, 0) is 18.2 Å². The molecule has 4 heterocycles. The number of nitrogens with zero attached hydrogens (tertiary/aromatic N) is 6. The molecule has 0 aliphatic carbocycles. The van der Waals surface area contributed by atoms with Crippen LogP contribution in [0.5, 0.6) is 0 Å². The highest BCUT2D eigenvalue weighted by Gasteiger charge is 2.22. The fraction of sp³-hybridized carbons (Fsp3) is 0.357. The van der Waals surface area contributed by atoms with Crippen molar-refractivity contribution in [2.75, 3.05) is 56.7 Å². The molecule has 2 aliphatic rings. The largest absolute Gasteiger partial charge is 0.415 e. The van der Waals surface area contributed by atoms with Crippen LogP contribution in [0.2, 0.25) is 0 Å². The summed E-state index contributed by atoms with van der Waals surface area (Å²) in [5, 5.41) is 10.3. The number of halogens is 3. The Kier molecular flexibility index (Phi) is 8.64. The zero-order chi connectivity index (χ0) is 28.9. The number of amides is 1. The lowest BCUT2D eigenvalue weighted by Crippen LogP contribution is -2.44. The van der Waals surface area contributed by atoms with Crippen molar-refractivity contribution in [3.63, 3.8) is 0 Å². The van der Waals surface area contributed by atoms with Crippen molar-refractivity contribution in [2.45, 2.75) is 19.0 Å². The minimum Gasteiger partial charge on any atom is -0.415 e. The second-order valence-corrected chi connectivity index (χ2v) is 9.88. The maximum absolute atomic E-state index is 15.5. The molecule has 1 aromatic carbocycles. The van der Waals surface area contributed by atoms with E-state index in [4.69, 9.17) is 9.15 Å². The van der Waals surface area contributed by atoms with Crippen LogP contribution in [0.1, 0.15) is 23.6 Å². The Bertz CT molecular complexity index is 1420. The van der Waals surface area contributed by atoms with Gasteiger partial charge in [-0.3, -0.25) is 14.7 Å². The molecule has 1 fully saturated rings. The van der Waals surface area contributed by atoms with Gasteiger partial charge in [-0.25, -0.2) is 4.39 Å². The Labute approximate surface area is 235 Å². The first-order valence-corrected chi connectivity index (χ1v) is 13.1. The number of carbonyl (C=O) groups is 1. The summed E-state index contributed by atoms with van der Waals surface area (Å²) in [6.07, 6.45) is 4.89. The third-order valence-corrected chi connectivity index (χ3v) is 6.84. The van der Waals surface area contributed by atoms with E-state index in [1.807, 2.05) is 37.3 Å². The van der Waals surface area contributed by atoms with Crippen molar-refractivity contribution in [3.05, 3.63) is 71.8 Å². The number of carbonyl (C=O) groups excluding carboxylic acids is 1. The number of allylic oxidation sites excluding steroid dienone is 2. The number of morpholine rings is 1. The van der Waals surface area contributed by atoms with Gasteiger partial charge >= 0.3 is 6.43 Å². The lowest BCUT2D eigenvalue weighted by Gasteiger charge is -2.30. The van der Waals surface area contributed by atoms with Crippen LogP contribution in [0.4, 0.5) is 24.5 Å². The predicted molar refractivity (Wildman–Crippen MR) is 147 cm³/mol. The molecule has 13 heteroatoms. The lowest BCUT2D eigenvalue weighted by molar-refractivity contribution is -0.107. The molecule has 1 amide bonds. The minimum absolute atomic E-state index is 0.0445. The average molecular weight is 570 g/mol. The number of benzene rings is 1. The molecular formula is C28H30F3N7O3. The van der Waals surface area contributed by atoms with Crippen LogP contribution in [-0.2, 0) is 16.1 Å². The Morgan fingerprint density at radius 1 is 1.17 bits per heavy atom. The summed E-state index contributed by atoms with van der Waals surface area (Å²) in [4.78, 5) is 21.9. The average Bonchev–Trinajstić information content (AvgIpc) is 3.48. The Morgan fingerprint density at radius 3 is 2.59 bits per heavy atom. The van der Waals surface area contributed by atoms with E-state index in [1.165, 1.54) is 17.2 Å². The van der Waals surface area contributed by atoms with Gasteiger partial charge in [-0.1, -0.05) is 12.2 Å². The van der Waals surface area contributed by atoms with Gasteiger partial charge < -0.3 is 24.3 Å². The summed E-state index contributed by atoms with van der Waals surface area (Å²) in [5.74, 6) is -1.34. The van der Waals surface area contributed by atoms with Gasteiger partial charge in [0.15, 0.2) is 0 Å². The first-order valence-electron chi connectivity index (χ1n) is 13.1. The molecule has 1 saturated heterocycles. The van der Waals surface area contributed by atoms with E-state index in [2.05, 4.69) is 25.4 Å². The van der Waals surface area contributed by atoms with Crippen molar-refractivity contribution in [1.82, 2.24) is 25.4 Å². The third-order valence-electron chi connectivity index (χ3n) is 6.84. The number of pyridine rings is 1. The van der Waals surface area contributed by atoms with Crippen LogP contribution in [0, 0.1) is 5.82 Å². The number of nitrogens with one attached hydrogen (secondary N) is 1. The molecule has 3 aromatic rings. The highest BCUT2D eigenvalue weighted by atomic mass is 19.3. The molecule has 0 saturated carbocycles. The number of hydrogen-bond acceptors (Lipinski definition) is 9. The number of rotatable bonds is 10. The molecule has 1 N–H and O–H groups in total. The maximum atomic E-state index is 15.5. The normalized spacial score (nSPS) is 17.3. The number of aromatic nitrogens is 3. The van der Waals surface area contributed by atoms with Crippen LogP contribution in [0.3, 0.4) is 0 Å². The van der Waals surface area contributed by atoms with Crippen molar-refractivity contribution in [2.24, 2.45) is 0 Å². The Balaban J connectivity index is 1.32. The third kappa shape index (κ3) is 6.57. The van der Waals surface area contributed by atoms with Crippen LogP contribution in [-0.4, -0.2) is 79.5 Å². The highest BCUT2D eigenvalue weighted by molar-refractivity contribution is 5.87. The summed E-state index contributed by atoms with van der Waals surface area (Å²) in [6, 6.07) is 6.35. The first-order chi connectivity index (χ1) is 19.8. The fourth-order valence-corrected chi connectivity index (χ4v) is 4.66. The van der Waals surface area contributed by atoms with Crippen LogP contribution in [0.15, 0.2) is 53.2 Å². The topological polar surface area (TPSA) is 99.9 Å². The molecule has 2 aliphatic heterocycles. The van der Waals surface area contributed by atoms with E-state index < -0.39 is 18.1 Å². The number of hydrogen-bond donors (Lipinski definition) is 1. The van der Waals surface area contributed by atoms with Gasteiger partial charge in [0, 0.05) is 63.3 Å². The molecule has 5 rings (SSSR count). The fourth-order valence-electron chi connectivity index (χ4n) is 4.66. The highest BCUT2D eigenvalue weighted by Crippen LogP contribution is 2.35. The summed E-state index contributed by atoms with van der Waals surface area (Å²) in [5.41, 5.74) is 2.94. The standard InChI is InChI=1S/C28H30F3N7O3/c1-36(2)24-11-22(18-3-5-20(32-13-18)15-37-7-9-40-10-8-37)23(29)12-25(24)38(17-39)16-21-6-4-19(14-33-21)27-34-35-28(41-27)26(30)31/h3-6,11-14,17,20,26,32H,7-10,15-16H2,1-2H3. The molecule has 41 heavy (non-hydrogen) atoms. The molecule has 1 unspecified atom stereocenters. The first kappa shape index (κ1) is 28.3. The summed E-state index contributed by atoms with van der Waals surface area (Å²) in [6.45, 7) is 4.11. The van der Waals surface area contributed by atoms with Crippen molar-refractivity contribution >= 4 is 23.4 Å². The summed E-state index contributed by atoms with van der Waals surface area (Å²) < 4.78 is 51.4. The lowest BCUT2D eigenvalue weighted by atomic mass is 10.00. The molecular weight excluding hydrogens is 539 g/mol. The molecule has 1 atom stereocenters. The predicted octanol–water partition coefficient (Wildman–Crippen LogP) is 3.64. The van der Waals surface area contributed by atoms with E-state index in [9.17, 15) is 13.6 Å². The van der Waals surface area contributed by atoms with Gasteiger partial charge in [0.2, 0.25) is 12.3 Å². The number of anilines is 2. The number of ether oxygens (including phenoxy) is 1. The number of dihydropyridines is 1.